The maximum absolute atomic E-state index is 12.1. The van der Waals surface area contributed by atoms with Gasteiger partial charge < -0.3 is 4.98 Å². The fourth-order valence-corrected chi connectivity index (χ4v) is 2.53. The number of carbonyl (C=O) groups excluding carboxylic acids is 2. The number of carbonyl (C=O) groups is 2. The van der Waals surface area contributed by atoms with Gasteiger partial charge in [-0.2, -0.15) is 0 Å². The third kappa shape index (κ3) is 1.76. The number of rotatable bonds is 1. The van der Waals surface area contributed by atoms with Crippen LogP contribution in [0.15, 0.2) is 23.0 Å². The molecule has 2 amide bonds. The summed E-state index contributed by atoms with van der Waals surface area (Å²) in [4.78, 5) is 37.9. The first kappa shape index (κ1) is 11.7. The van der Waals surface area contributed by atoms with E-state index in [0.717, 1.165) is 11.1 Å². The van der Waals surface area contributed by atoms with Crippen LogP contribution in [0.5, 0.6) is 0 Å². The second-order valence-electron chi connectivity index (χ2n) is 4.74. The zero-order valence-electron chi connectivity index (χ0n) is 10.4. The summed E-state index contributed by atoms with van der Waals surface area (Å²) in [5.41, 5.74) is 2.05. The molecule has 1 aliphatic rings. The zero-order valence-corrected chi connectivity index (χ0v) is 10.4. The summed E-state index contributed by atoms with van der Waals surface area (Å²) in [6.07, 6.45) is 0.604. The van der Waals surface area contributed by atoms with Gasteiger partial charge in [-0.25, -0.2) is 4.79 Å². The molecule has 19 heavy (non-hydrogen) atoms. The minimum Gasteiger partial charge on any atom is -0.305 e. The van der Waals surface area contributed by atoms with Crippen molar-refractivity contribution in [1.29, 1.82) is 0 Å². The summed E-state index contributed by atoms with van der Waals surface area (Å²) in [5, 5.41) is 2.27. The van der Waals surface area contributed by atoms with Crippen LogP contribution in [0, 0.1) is 6.92 Å². The highest BCUT2D eigenvalue weighted by atomic mass is 16.2. The molecule has 2 aromatic rings. The van der Waals surface area contributed by atoms with Crippen LogP contribution in [0.1, 0.15) is 24.4 Å². The second-order valence-corrected chi connectivity index (χ2v) is 4.74. The van der Waals surface area contributed by atoms with Crippen LogP contribution in [0.3, 0.4) is 0 Å². The lowest BCUT2D eigenvalue weighted by molar-refractivity contribution is -0.135. The number of para-hydroxylation sites is 1. The first-order valence-corrected chi connectivity index (χ1v) is 6.11. The maximum atomic E-state index is 12.1. The average Bonchev–Trinajstić information content (AvgIpc) is 2.68. The molecule has 1 saturated heterocycles. The number of hydrogen-bond donors (Lipinski definition) is 2. The van der Waals surface area contributed by atoms with Crippen LogP contribution >= 0.6 is 0 Å². The molecule has 6 nitrogen and oxygen atoms in total. The summed E-state index contributed by atoms with van der Waals surface area (Å²) in [6.45, 7) is 1.90. The number of H-pyrrole nitrogens is 1. The average molecular weight is 259 g/mol. The van der Waals surface area contributed by atoms with Crippen molar-refractivity contribution in [1.82, 2.24) is 14.9 Å². The molecule has 1 aromatic heterocycles. The number of hydrogen-bond acceptors (Lipinski definition) is 3. The molecule has 6 heteroatoms. The smallest absolute Gasteiger partial charge is 0.305 e. The Morgan fingerprint density at radius 3 is 2.79 bits per heavy atom. The lowest BCUT2D eigenvalue weighted by atomic mass is 10.1. The van der Waals surface area contributed by atoms with Crippen LogP contribution in [0.4, 0.5) is 0 Å². The highest BCUT2D eigenvalue weighted by molar-refractivity contribution is 6.00. The van der Waals surface area contributed by atoms with E-state index in [4.69, 9.17) is 0 Å². The number of aryl methyl sites for hydroxylation is 1. The fraction of sp³-hybridized carbons (Fsp3) is 0.308. The summed E-state index contributed by atoms with van der Waals surface area (Å²) in [5.74, 6) is -0.703. The molecular weight excluding hydrogens is 246 g/mol. The van der Waals surface area contributed by atoms with E-state index < -0.39 is 11.9 Å². The van der Waals surface area contributed by atoms with Gasteiger partial charge in [0, 0.05) is 6.42 Å². The molecule has 0 radical (unpaired) electrons. The molecule has 1 atom stereocenters. The summed E-state index contributed by atoms with van der Waals surface area (Å²) >= 11 is 0. The van der Waals surface area contributed by atoms with Crippen LogP contribution in [0.2, 0.25) is 0 Å². The van der Waals surface area contributed by atoms with Gasteiger partial charge in [-0.05, 0) is 25.0 Å². The van der Waals surface area contributed by atoms with Gasteiger partial charge >= 0.3 is 5.69 Å². The van der Waals surface area contributed by atoms with Crippen LogP contribution in [-0.2, 0) is 9.59 Å². The van der Waals surface area contributed by atoms with Gasteiger partial charge in [-0.1, -0.05) is 12.1 Å². The number of imide groups is 1. The first-order valence-electron chi connectivity index (χ1n) is 6.11. The molecule has 3 rings (SSSR count). The Hall–Kier alpha value is -2.37. The van der Waals surface area contributed by atoms with Crippen molar-refractivity contribution in [3.63, 3.8) is 0 Å². The van der Waals surface area contributed by atoms with Gasteiger partial charge in [0.2, 0.25) is 11.8 Å². The third-order valence-electron chi connectivity index (χ3n) is 3.48. The minimum absolute atomic E-state index is 0.251. The van der Waals surface area contributed by atoms with Crippen molar-refractivity contribution >= 4 is 22.8 Å². The Bertz CT molecular complexity index is 741. The number of imidazole rings is 1. The number of nitrogens with zero attached hydrogens (tertiary/aromatic N) is 1. The molecule has 1 fully saturated rings. The van der Waals surface area contributed by atoms with Crippen LogP contribution < -0.4 is 11.0 Å². The van der Waals surface area contributed by atoms with Gasteiger partial charge in [0.1, 0.15) is 6.04 Å². The molecule has 1 unspecified atom stereocenters. The van der Waals surface area contributed by atoms with Crippen LogP contribution in [-0.4, -0.2) is 21.4 Å². The number of aromatic amines is 1. The van der Waals surface area contributed by atoms with Crippen molar-refractivity contribution in [2.24, 2.45) is 0 Å². The van der Waals surface area contributed by atoms with Gasteiger partial charge in [0.25, 0.3) is 0 Å². The normalized spacial score (nSPS) is 19.7. The van der Waals surface area contributed by atoms with Gasteiger partial charge in [0.05, 0.1) is 11.0 Å². The van der Waals surface area contributed by atoms with Crippen molar-refractivity contribution in [2.45, 2.75) is 25.8 Å². The molecule has 2 heterocycles. The molecule has 0 spiro atoms. The predicted octanol–water partition coefficient (Wildman–Crippen LogP) is 0.616. The molecule has 2 N–H and O–H groups in total. The Balaban J connectivity index is 2.18. The Labute approximate surface area is 108 Å². The topological polar surface area (TPSA) is 84.0 Å². The monoisotopic (exact) mass is 259 g/mol. The van der Waals surface area contributed by atoms with E-state index in [9.17, 15) is 14.4 Å². The molecule has 1 aliphatic heterocycles. The van der Waals surface area contributed by atoms with Gasteiger partial charge in [-0.15, -0.1) is 0 Å². The highest BCUT2D eigenvalue weighted by Crippen LogP contribution is 2.23. The number of piperidine rings is 1. The second kappa shape index (κ2) is 4.08. The number of amides is 2. The molecule has 0 saturated carbocycles. The summed E-state index contributed by atoms with van der Waals surface area (Å²) in [7, 11) is 0. The van der Waals surface area contributed by atoms with Crippen molar-refractivity contribution in [2.75, 3.05) is 0 Å². The van der Waals surface area contributed by atoms with Crippen molar-refractivity contribution < 1.29 is 9.59 Å². The molecule has 98 valence electrons. The predicted molar refractivity (Wildman–Crippen MR) is 68.7 cm³/mol. The number of fused-ring (bicyclic) bond motifs is 1. The number of benzene rings is 1. The van der Waals surface area contributed by atoms with E-state index in [0.29, 0.717) is 11.9 Å². The maximum Gasteiger partial charge on any atom is 0.327 e. The molecule has 1 aromatic carbocycles. The van der Waals surface area contributed by atoms with Crippen molar-refractivity contribution in [3.8, 4) is 0 Å². The van der Waals surface area contributed by atoms with Crippen molar-refractivity contribution in [3.05, 3.63) is 34.2 Å². The van der Waals surface area contributed by atoms with Gasteiger partial charge in [0.15, 0.2) is 0 Å². The molecule has 0 bridgehead atoms. The van der Waals surface area contributed by atoms with E-state index in [-0.39, 0.29) is 18.0 Å². The third-order valence-corrected chi connectivity index (χ3v) is 3.48. The lowest BCUT2D eigenvalue weighted by Crippen LogP contribution is -2.43. The van der Waals surface area contributed by atoms with E-state index in [1.165, 1.54) is 4.57 Å². The SMILES string of the molecule is Cc1cccc2c1[nH]c(=O)n2C1CCC(=O)NC1=O. The Morgan fingerprint density at radius 2 is 2.05 bits per heavy atom. The van der Waals surface area contributed by atoms with Crippen LogP contribution in [0.25, 0.3) is 11.0 Å². The Kier molecular flexibility index (Phi) is 2.51. The zero-order chi connectivity index (χ0) is 13.6. The van der Waals surface area contributed by atoms with E-state index in [1.54, 1.807) is 6.07 Å². The highest BCUT2D eigenvalue weighted by Gasteiger charge is 2.30. The quantitative estimate of drug-likeness (QED) is 0.736. The van der Waals surface area contributed by atoms with E-state index in [1.807, 2.05) is 19.1 Å². The summed E-state index contributed by atoms with van der Waals surface area (Å²) in [6, 6.07) is 4.91. The minimum atomic E-state index is -0.624. The number of nitrogens with one attached hydrogen (secondary N) is 2. The number of aromatic nitrogens is 2. The largest absolute Gasteiger partial charge is 0.327 e. The Morgan fingerprint density at radius 1 is 1.26 bits per heavy atom. The standard InChI is InChI=1S/C13H13N3O3/c1-7-3-2-4-8-11(7)15-13(19)16(8)9-5-6-10(17)14-12(9)18/h2-4,9H,5-6H2,1H3,(H,15,19)(H,14,17,18). The summed E-state index contributed by atoms with van der Waals surface area (Å²) < 4.78 is 1.43. The first-order chi connectivity index (χ1) is 9.08. The molecule has 0 aliphatic carbocycles. The van der Waals surface area contributed by atoms with E-state index >= 15 is 0 Å². The van der Waals surface area contributed by atoms with Gasteiger partial charge in [-0.3, -0.25) is 19.5 Å². The molecular formula is C13H13N3O3. The van der Waals surface area contributed by atoms with E-state index in [2.05, 4.69) is 10.3 Å². The lowest BCUT2D eigenvalue weighted by Gasteiger charge is -2.21. The fourth-order valence-electron chi connectivity index (χ4n) is 2.53.